The quantitative estimate of drug-likeness (QED) is 0.697. The summed E-state index contributed by atoms with van der Waals surface area (Å²) in [6, 6.07) is 13.3. The Morgan fingerprint density at radius 1 is 1.03 bits per heavy atom. The minimum absolute atomic E-state index is 0.0806. The van der Waals surface area contributed by atoms with Gasteiger partial charge in [-0.2, -0.15) is 0 Å². The highest BCUT2D eigenvalue weighted by Crippen LogP contribution is 2.32. The van der Waals surface area contributed by atoms with Crippen molar-refractivity contribution in [2.45, 2.75) is 45.1 Å². The number of carbonyl (C=O) groups excluding carboxylic acids is 2. The lowest BCUT2D eigenvalue weighted by Gasteiger charge is -2.26. The van der Waals surface area contributed by atoms with E-state index in [2.05, 4.69) is 15.5 Å². The van der Waals surface area contributed by atoms with Gasteiger partial charge in [-0.25, -0.2) is 0 Å². The summed E-state index contributed by atoms with van der Waals surface area (Å²) in [5.74, 6) is 0.888. The highest BCUT2D eigenvalue weighted by molar-refractivity contribution is 6.02. The van der Waals surface area contributed by atoms with Gasteiger partial charge in [-0.15, -0.1) is 0 Å². The van der Waals surface area contributed by atoms with Crippen LogP contribution in [-0.4, -0.2) is 32.0 Å². The number of hydrogen-bond donors (Lipinski definition) is 2. The monoisotopic (exact) mass is 421 g/mol. The van der Waals surface area contributed by atoms with Crippen LogP contribution in [0.3, 0.4) is 0 Å². The maximum absolute atomic E-state index is 13.1. The van der Waals surface area contributed by atoms with Gasteiger partial charge in [0.05, 0.1) is 18.4 Å². The fourth-order valence-corrected chi connectivity index (χ4v) is 4.02. The van der Waals surface area contributed by atoms with Gasteiger partial charge < -0.3 is 20.3 Å². The average Bonchev–Trinajstić information content (AvgIpc) is 3.65. The average molecular weight is 422 g/mol. The van der Waals surface area contributed by atoms with Gasteiger partial charge in [0, 0.05) is 31.2 Å². The van der Waals surface area contributed by atoms with Crippen molar-refractivity contribution in [1.82, 2.24) is 5.32 Å². The molecule has 1 heterocycles. The molecule has 0 spiro atoms. The molecule has 1 saturated heterocycles. The predicted molar refractivity (Wildman–Crippen MR) is 123 cm³/mol. The van der Waals surface area contributed by atoms with Crippen molar-refractivity contribution in [2.75, 3.05) is 30.4 Å². The van der Waals surface area contributed by atoms with Crippen LogP contribution in [0.25, 0.3) is 0 Å². The standard InChI is InChI=1S/C25H31N3O3/c1-31-21-8-6-7-18(15-21)17-26-25(30)22-12-11-20(27-24(29)19-9-10-19)16-23(22)28-13-4-2-3-5-14-28/h6-8,11-12,15-16,19H,2-5,9-10,13-14,17H2,1H3,(H,26,30)(H,27,29). The number of hydrogen-bond acceptors (Lipinski definition) is 4. The van der Waals surface area contributed by atoms with Crippen molar-refractivity contribution in [3.8, 4) is 5.75 Å². The second kappa shape index (κ2) is 9.86. The lowest BCUT2D eigenvalue weighted by Crippen LogP contribution is -2.29. The van der Waals surface area contributed by atoms with E-state index < -0.39 is 0 Å². The van der Waals surface area contributed by atoms with E-state index in [1.54, 1.807) is 7.11 Å². The number of nitrogens with zero attached hydrogens (tertiary/aromatic N) is 1. The predicted octanol–water partition coefficient (Wildman–Crippen LogP) is 4.35. The van der Waals surface area contributed by atoms with Gasteiger partial charge in [0.25, 0.3) is 5.91 Å². The molecule has 0 atom stereocenters. The van der Waals surface area contributed by atoms with Crippen LogP contribution in [0.5, 0.6) is 5.75 Å². The van der Waals surface area contributed by atoms with E-state index in [-0.39, 0.29) is 17.7 Å². The molecule has 164 valence electrons. The molecule has 6 heteroatoms. The van der Waals surface area contributed by atoms with Crippen LogP contribution in [0.1, 0.15) is 54.4 Å². The Hall–Kier alpha value is -3.02. The molecular formula is C25H31N3O3. The first kappa shape index (κ1) is 21.2. The number of carbonyl (C=O) groups is 2. The SMILES string of the molecule is COc1cccc(CNC(=O)c2ccc(NC(=O)C3CC3)cc2N2CCCCCC2)c1. The van der Waals surface area contributed by atoms with Gasteiger partial charge in [-0.3, -0.25) is 9.59 Å². The summed E-state index contributed by atoms with van der Waals surface area (Å²) in [7, 11) is 1.63. The van der Waals surface area contributed by atoms with Crippen LogP contribution in [0, 0.1) is 5.92 Å². The zero-order valence-electron chi connectivity index (χ0n) is 18.2. The molecule has 2 aromatic carbocycles. The number of ether oxygens (including phenoxy) is 1. The Morgan fingerprint density at radius 2 is 1.81 bits per heavy atom. The van der Waals surface area contributed by atoms with Gasteiger partial charge in [0.1, 0.15) is 5.75 Å². The Kier molecular flexibility index (Phi) is 6.75. The zero-order valence-corrected chi connectivity index (χ0v) is 18.2. The minimum Gasteiger partial charge on any atom is -0.497 e. The second-order valence-corrected chi connectivity index (χ2v) is 8.43. The zero-order chi connectivity index (χ0) is 21.6. The molecule has 0 unspecified atom stereocenters. The highest BCUT2D eigenvalue weighted by Gasteiger charge is 2.30. The summed E-state index contributed by atoms with van der Waals surface area (Å²) in [4.78, 5) is 27.6. The molecule has 4 rings (SSSR count). The number of nitrogens with one attached hydrogen (secondary N) is 2. The maximum atomic E-state index is 13.1. The molecule has 0 bridgehead atoms. The van der Waals surface area contributed by atoms with Crippen LogP contribution in [0.2, 0.25) is 0 Å². The number of benzene rings is 2. The second-order valence-electron chi connectivity index (χ2n) is 8.43. The third kappa shape index (κ3) is 5.57. The molecule has 6 nitrogen and oxygen atoms in total. The van der Waals surface area contributed by atoms with Crippen LogP contribution in [0.15, 0.2) is 42.5 Å². The Labute approximate surface area is 184 Å². The first-order chi connectivity index (χ1) is 15.1. The molecule has 1 aliphatic heterocycles. The van der Waals surface area contributed by atoms with Gasteiger partial charge in [0.2, 0.25) is 5.91 Å². The van der Waals surface area contributed by atoms with Crippen molar-refractivity contribution in [3.63, 3.8) is 0 Å². The van der Waals surface area contributed by atoms with Crippen molar-refractivity contribution < 1.29 is 14.3 Å². The summed E-state index contributed by atoms with van der Waals surface area (Å²) in [5, 5.41) is 6.07. The van der Waals surface area contributed by atoms with Crippen LogP contribution >= 0.6 is 0 Å². The third-order valence-corrected chi connectivity index (χ3v) is 5.99. The smallest absolute Gasteiger partial charge is 0.253 e. The van der Waals surface area contributed by atoms with Crippen molar-refractivity contribution >= 4 is 23.2 Å². The summed E-state index contributed by atoms with van der Waals surface area (Å²) < 4.78 is 5.27. The van der Waals surface area contributed by atoms with E-state index in [0.717, 1.165) is 61.5 Å². The van der Waals surface area contributed by atoms with Crippen LogP contribution in [-0.2, 0) is 11.3 Å². The van der Waals surface area contributed by atoms with Crippen molar-refractivity contribution in [1.29, 1.82) is 0 Å². The molecule has 31 heavy (non-hydrogen) atoms. The van der Waals surface area contributed by atoms with Gasteiger partial charge in [-0.05, 0) is 61.6 Å². The number of anilines is 2. The molecular weight excluding hydrogens is 390 g/mol. The third-order valence-electron chi connectivity index (χ3n) is 5.99. The lowest BCUT2D eigenvalue weighted by molar-refractivity contribution is -0.117. The molecule has 2 fully saturated rings. The normalized spacial score (nSPS) is 16.4. The molecule has 2 aromatic rings. The summed E-state index contributed by atoms with van der Waals surface area (Å²) in [6.45, 7) is 2.28. The van der Waals surface area contributed by atoms with Gasteiger partial charge in [-0.1, -0.05) is 25.0 Å². The summed E-state index contributed by atoms with van der Waals surface area (Å²) >= 11 is 0. The first-order valence-electron chi connectivity index (χ1n) is 11.2. The van der Waals surface area contributed by atoms with E-state index in [4.69, 9.17) is 4.74 Å². The van der Waals surface area contributed by atoms with E-state index in [0.29, 0.717) is 12.1 Å². The van der Waals surface area contributed by atoms with Crippen molar-refractivity contribution in [2.24, 2.45) is 5.92 Å². The first-order valence-corrected chi connectivity index (χ1v) is 11.2. The molecule has 0 radical (unpaired) electrons. The van der Waals surface area contributed by atoms with E-state index in [1.165, 1.54) is 12.8 Å². The van der Waals surface area contributed by atoms with E-state index in [9.17, 15) is 9.59 Å². The summed E-state index contributed by atoms with van der Waals surface area (Å²) in [6.07, 6.45) is 6.59. The number of rotatable bonds is 7. The highest BCUT2D eigenvalue weighted by atomic mass is 16.5. The minimum atomic E-state index is -0.109. The molecule has 2 amide bonds. The Bertz CT molecular complexity index is 931. The van der Waals surface area contributed by atoms with Crippen molar-refractivity contribution in [3.05, 3.63) is 53.6 Å². The van der Waals surface area contributed by atoms with E-state index >= 15 is 0 Å². The molecule has 2 N–H and O–H groups in total. The summed E-state index contributed by atoms with van der Waals surface area (Å²) in [5.41, 5.74) is 3.30. The molecule has 2 aliphatic rings. The van der Waals surface area contributed by atoms with Gasteiger partial charge >= 0.3 is 0 Å². The van der Waals surface area contributed by atoms with Gasteiger partial charge in [0.15, 0.2) is 0 Å². The molecule has 1 saturated carbocycles. The Morgan fingerprint density at radius 3 is 2.52 bits per heavy atom. The van der Waals surface area contributed by atoms with Crippen LogP contribution in [0.4, 0.5) is 11.4 Å². The molecule has 1 aliphatic carbocycles. The van der Waals surface area contributed by atoms with Crippen LogP contribution < -0.4 is 20.3 Å². The van der Waals surface area contributed by atoms with E-state index in [1.807, 2.05) is 42.5 Å². The maximum Gasteiger partial charge on any atom is 0.253 e. The lowest BCUT2D eigenvalue weighted by atomic mass is 10.1. The fraction of sp³-hybridized carbons (Fsp3) is 0.440. The number of amides is 2. The molecule has 0 aromatic heterocycles. The fourth-order valence-electron chi connectivity index (χ4n) is 4.02. The topological polar surface area (TPSA) is 70.7 Å². The Balaban J connectivity index is 1.53. The number of methoxy groups -OCH3 is 1. The largest absolute Gasteiger partial charge is 0.497 e.